The van der Waals surface area contributed by atoms with Gasteiger partial charge in [0.2, 0.25) is 0 Å². The molecule has 0 aliphatic carbocycles. The lowest BCUT2D eigenvalue weighted by atomic mass is 10.2. The molecule has 5 nitrogen and oxygen atoms in total. The number of thiocarbonyl (C=S) groups is 1. The number of anilines is 1. The molecule has 3 rings (SSSR count). The van der Waals surface area contributed by atoms with Gasteiger partial charge in [-0.2, -0.15) is 0 Å². The predicted octanol–water partition coefficient (Wildman–Crippen LogP) is 3.50. The maximum Gasteiger partial charge on any atom is 0.270 e. The van der Waals surface area contributed by atoms with E-state index in [1.54, 1.807) is 44.7 Å². The fourth-order valence-corrected chi connectivity index (χ4v) is 3.51. The molecule has 1 aromatic heterocycles. The molecule has 0 unspecified atom stereocenters. The maximum atomic E-state index is 12.8. The molecule has 1 amide bonds. The highest BCUT2D eigenvalue weighted by molar-refractivity contribution is 8.27. The van der Waals surface area contributed by atoms with Crippen LogP contribution in [0.25, 0.3) is 6.08 Å². The lowest BCUT2D eigenvalue weighted by Gasteiger charge is -2.18. The number of benzene rings is 1. The molecule has 0 bridgehead atoms. The van der Waals surface area contributed by atoms with Crippen molar-refractivity contribution >= 4 is 46.0 Å². The van der Waals surface area contributed by atoms with Crippen molar-refractivity contribution in [3.8, 4) is 11.5 Å². The number of aromatic nitrogens is 1. The fraction of sp³-hybridized carbons (Fsp3) is 0.118. The number of carbonyl (C=O) groups excluding carboxylic acids is 1. The standard InChI is InChI=1S/C17H14N2O3S2/c1-21-12-6-7-13(14(10-12)22-2)19-16(20)15(24-17(19)23)9-11-5-3-4-8-18-11/h3-10H,1-2H3/b15-9+. The van der Waals surface area contributed by atoms with Crippen molar-refractivity contribution in [2.24, 2.45) is 0 Å². The Labute approximate surface area is 149 Å². The van der Waals surface area contributed by atoms with Gasteiger partial charge in [0.05, 0.1) is 30.5 Å². The second kappa shape index (κ2) is 7.02. The summed E-state index contributed by atoms with van der Waals surface area (Å²) in [5, 5.41) is 0. The average Bonchev–Trinajstić information content (AvgIpc) is 2.89. The molecule has 1 fully saturated rings. The van der Waals surface area contributed by atoms with Crippen molar-refractivity contribution in [2.45, 2.75) is 0 Å². The first-order valence-corrected chi connectivity index (χ1v) is 8.27. The van der Waals surface area contributed by atoms with E-state index in [1.165, 1.54) is 16.7 Å². The van der Waals surface area contributed by atoms with E-state index in [9.17, 15) is 4.79 Å². The Hall–Kier alpha value is -2.38. The van der Waals surface area contributed by atoms with E-state index in [1.807, 2.05) is 18.2 Å². The molecule has 0 atom stereocenters. The maximum absolute atomic E-state index is 12.8. The van der Waals surface area contributed by atoms with Crippen molar-refractivity contribution in [3.05, 3.63) is 53.2 Å². The van der Waals surface area contributed by atoms with Gasteiger partial charge in [0.15, 0.2) is 4.32 Å². The molecule has 1 aliphatic rings. The summed E-state index contributed by atoms with van der Waals surface area (Å²) in [5.41, 5.74) is 1.30. The normalized spacial score (nSPS) is 15.9. The summed E-state index contributed by atoms with van der Waals surface area (Å²) in [6.07, 6.45) is 3.41. The van der Waals surface area contributed by atoms with Gasteiger partial charge in [-0.15, -0.1) is 0 Å². The third-order valence-electron chi connectivity index (χ3n) is 3.39. The number of nitrogens with zero attached hydrogens (tertiary/aromatic N) is 2. The molecule has 1 saturated heterocycles. The molecule has 0 N–H and O–H groups in total. The van der Waals surface area contributed by atoms with Crippen molar-refractivity contribution in [2.75, 3.05) is 19.1 Å². The zero-order valence-electron chi connectivity index (χ0n) is 13.1. The zero-order valence-corrected chi connectivity index (χ0v) is 14.7. The van der Waals surface area contributed by atoms with Crippen LogP contribution in [0.4, 0.5) is 5.69 Å². The summed E-state index contributed by atoms with van der Waals surface area (Å²) in [5.74, 6) is 0.967. The first-order valence-electron chi connectivity index (χ1n) is 7.05. The Kier molecular flexibility index (Phi) is 4.82. The van der Waals surface area contributed by atoms with Crippen LogP contribution >= 0.6 is 24.0 Å². The molecule has 24 heavy (non-hydrogen) atoms. The second-order valence-corrected chi connectivity index (χ2v) is 6.49. The highest BCUT2D eigenvalue weighted by Gasteiger charge is 2.35. The van der Waals surface area contributed by atoms with Gasteiger partial charge < -0.3 is 9.47 Å². The second-order valence-electron chi connectivity index (χ2n) is 4.81. The molecule has 2 aromatic rings. The molecule has 122 valence electrons. The largest absolute Gasteiger partial charge is 0.497 e. The Balaban J connectivity index is 1.97. The van der Waals surface area contributed by atoms with Crippen LogP contribution in [0.2, 0.25) is 0 Å². The summed E-state index contributed by atoms with van der Waals surface area (Å²) in [4.78, 5) is 19.0. The Morgan fingerprint density at radius 1 is 1.21 bits per heavy atom. The van der Waals surface area contributed by atoms with E-state index in [2.05, 4.69) is 4.98 Å². The lowest BCUT2D eigenvalue weighted by molar-refractivity contribution is -0.113. The van der Waals surface area contributed by atoms with Crippen molar-refractivity contribution < 1.29 is 14.3 Å². The summed E-state index contributed by atoms with van der Waals surface area (Å²) in [6, 6.07) is 10.8. The van der Waals surface area contributed by atoms with E-state index < -0.39 is 0 Å². The van der Waals surface area contributed by atoms with Crippen molar-refractivity contribution in [1.82, 2.24) is 4.98 Å². The van der Waals surface area contributed by atoms with Gasteiger partial charge in [-0.1, -0.05) is 30.0 Å². The van der Waals surface area contributed by atoms with Crippen LogP contribution in [0.5, 0.6) is 11.5 Å². The number of hydrogen-bond acceptors (Lipinski definition) is 6. The van der Waals surface area contributed by atoms with Crippen LogP contribution in [-0.4, -0.2) is 29.4 Å². The van der Waals surface area contributed by atoms with Gasteiger partial charge in [0, 0.05) is 12.3 Å². The quantitative estimate of drug-likeness (QED) is 0.616. The fourth-order valence-electron chi connectivity index (χ4n) is 2.24. The summed E-state index contributed by atoms with van der Waals surface area (Å²) in [6.45, 7) is 0. The number of pyridine rings is 1. The number of carbonyl (C=O) groups is 1. The smallest absolute Gasteiger partial charge is 0.270 e. The minimum absolute atomic E-state index is 0.195. The number of amides is 1. The lowest BCUT2D eigenvalue weighted by Crippen LogP contribution is -2.27. The molecule has 1 aliphatic heterocycles. The van der Waals surface area contributed by atoms with Gasteiger partial charge in [-0.05, 0) is 30.3 Å². The number of thioether (sulfide) groups is 1. The van der Waals surface area contributed by atoms with Crippen LogP contribution in [-0.2, 0) is 4.79 Å². The highest BCUT2D eigenvalue weighted by Crippen LogP contribution is 2.41. The Bertz CT molecular complexity index is 822. The number of hydrogen-bond donors (Lipinski definition) is 0. The van der Waals surface area contributed by atoms with Crippen LogP contribution in [0.3, 0.4) is 0 Å². The monoisotopic (exact) mass is 358 g/mol. The summed E-state index contributed by atoms with van der Waals surface area (Å²) < 4.78 is 11.0. The number of rotatable bonds is 4. The van der Waals surface area contributed by atoms with E-state index >= 15 is 0 Å². The van der Waals surface area contributed by atoms with Gasteiger partial charge in [-0.25, -0.2) is 0 Å². The molecular formula is C17H14N2O3S2. The van der Waals surface area contributed by atoms with Gasteiger partial charge in [-0.3, -0.25) is 14.7 Å². The summed E-state index contributed by atoms with van der Waals surface area (Å²) >= 11 is 6.62. The molecule has 0 radical (unpaired) electrons. The third kappa shape index (κ3) is 3.13. The minimum Gasteiger partial charge on any atom is -0.497 e. The first-order chi connectivity index (χ1) is 11.6. The molecule has 0 spiro atoms. The van der Waals surface area contributed by atoms with E-state index in [-0.39, 0.29) is 5.91 Å². The van der Waals surface area contributed by atoms with Crippen LogP contribution < -0.4 is 14.4 Å². The third-order valence-corrected chi connectivity index (χ3v) is 4.69. The number of ether oxygens (including phenoxy) is 2. The number of methoxy groups -OCH3 is 2. The van der Waals surface area contributed by atoms with Gasteiger partial charge in [0.25, 0.3) is 5.91 Å². The SMILES string of the molecule is COc1ccc(N2C(=O)/C(=C\c3ccccn3)SC2=S)c(OC)c1. The molecule has 1 aromatic carbocycles. The topological polar surface area (TPSA) is 51.7 Å². The van der Waals surface area contributed by atoms with Crippen LogP contribution in [0, 0.1) is 0 Å². The van der Waals surface area contributed by atoms with Crippen LogP contribution in [0.15, 0.2) is 47.5 Å². The van der Waals surface area contributed by atoms with Gasteiger partial charge in [0.1, 0.15) is 11.5 Å². The van der Waals surface area contributed by atoms with Gasteiger partial charge >= 0.3 is 0 Å². The van der Waals surface area contributed by atoms with Crippen molar-refractivity contribution in [1.29, 1.82) is 0 Å². The van der Waals surface area contributed by atoms with E-state index in [0.717, 1.165) is 0 Å². The Morgan fingerprint density at radius 3 is 2.71 bits per heavy atom. The zero-order chi connectivity index (χ0) is 17.1. The molecular weight excluding hydrogens is 344 g/mol. The van der Waals surface area contributed by atoms with Crippen LogP contribution in [0.1, 0.15) is 5.69 Å². The van der Waals surface area contributed by atoms with E-state index in [0.29, 0.717) is 32.1 Å². The molecule has 0 saturated carbocycles. The summed E-state index contributed by atoms with van der Waals surface area (Å²) in [7, 11) is 3.11. The van der Waals surface area contributed by atoms with E-state index in [4.69, 9.17) is 21.7 Å². The average molecular weight is 358 g/mol. The highest BCUT2D eigenvalue weighted by atomic mass is 32.2. The molecule has 7 heteroatoms. The first kappa shape index (κ1) is 16.5. The molecule has 2 heterocycles. The minimum atomic E-state index is -0.195. The predicted molar refractivity (Wildman–Crippen MR) is 99.4 cm³/mol. The Morgan fingerprint density at radius 2 is 2.04 bits per heavy atom. The van der Waals surface area contributed by atoms with Crippen molar-refractivity contribution in [3.63, 3.8) is 0 Å².